The number of rotatable bonds is 4. The van der Waals surface area contributed by atoms with Crippen molar-refractivity contribution < 1.29 is 4.74 Å². The number of anilines is 2. The van der Waals surface area contributed by atoms with Crippen LogP contribution in [0.15, 0.2) is 40.9 Å². The van der Waals surface area contributed by atoms with Crippen molar-refractivity contribution in [3.63, 3.8) is 0 Å². The van der Waals surface area contributed by atoms with Crippen molar-refractivity contribution in [1.82, 2.24) is 0 Å². The SMILES string of the molecule is COc1ccc(C)cc1Nc1cc(Br)ccc1C(N)=S. The molecule has 0 unspecified atom stereocenters. The molecule has 0 aliphatic rings. The maximum atomic E-state index is 5.76. The Morgan fingerprint density at radius 1 is 1.20 bits per heavy atom. The molecule has 0 radical (unpaired) electrons. The summed E-state index contributed by atoms with van der Waals surface area (Å²) in [5.74, 6) is 0.768. The minimum Gasteiger partial charge on any atom is -0.495 e. The van der Waals surface area contributed by atoms with Gasteiger partial charge in [0.25, 0.3) is 0 Å². The van der Waals surface area contributed by atoms with E-state index in [1.807, 2.05) is 43.3 Å². The predicted octanol–water partition coefficient (Wildman–Crippen LogP) is 4.14. The van der Waals surface area contributed by atoms with E-state index >= 15 is 0 Å². The van der Waals surface area contributed by atoms with Crippen molar-refractivity contribution >= 4 is 44.5 Å². The molecule has 3 nitrogen and oxygen atoms in total. The molecule has 0 fully saturated rings. The third-order valence-corrected chi connectivity index (χ3v) is 3.58. The van der Waals surface area contributed by atoms with Gasteiger partial charge < -0.3 is 15.8 Å². The smallest absolute Gasteiger partial charge is 0.142 e. The molecule has 0 aliphatic heterocycles. The lowest BCUT2D eigenvalue weighted by molar-refractivity contribution is 0.416. The van der Waals surface area contributed by atoms with Crippen LogP contribution < -0.4 is 15.8 Å². The second kappa shape index (κ2) is 6.24. The number of hydrogen-bond acceptors (Lipinski definition) is 3. The highest BCUT2D eigenvalue weighted by Crippen LogP contribution is 2.31. The number of aryl methyl sites for hydroxylation is 1. The lowest BCUT2D eigenvalue weighted by Crippen LogP contribution is -2.12. The summed E-state index contributed by atoms with van der Waals surface area (Å²) in [4.78, 5) is 0.353. The summed E-state index contributed by atoms with van der Waals surface area (Å²) in [6.07, 6.45) is 0. The summed E-state index contributed by atoms with van der Waals surface area (Å²) in [5.41, 5.74) is 9.42. The summed E-state index contributed by atoms with van der Waals surface area (Å²) in [5, 5.41) is 3.33. The van der Waals surface area contributed by atoms with E-state index in [4.69, 9.17) is 22.7 Å². The topological polar surface area (TPSA) is 47.3 Å². The van der Waals surface area contributed by atoms with Crippen LogP contribution in [0.1, 0.15) is 11.1 Å². The van der Waals surface area contributed by atoms with Gasteiger partial charge in [-0.2, -0.15) is 0 Å². The number of methoxy groups -OCH3 is 1. The minimum atomic E-state index is 0.353. The number of ether oxygens (including phenoxy) is 1. The fourth-order valence-corrected chi connectivity index (χ4v) is 2.44. The van der Waals surface area contributed by atoms with Crippen LogP contribution in [-0.4, -0.2) is 12.1 Å². The molecule has 3 N–H and O–H groups in total. The Labute approximate surface area is 132 Å². The fourth-order valence-electron chi connectivity index (χ4n) is 1.90. The number of benzene rings is 2. The van der Waals surface area contributed by atoms with E-state index in [2.05, 4.69) is 21.2 Å². The number of hydrogen-bond donors (Lipinski definition) is 2. The van der Waals surface area contributed by atoms with Crippen molar-refractivity contribution in [2.24, 2.45) is 5.73 Å². The molecule has 2 rings (SSSR count). The van der Waals surface area contributed by atoms with E-state index in [-0.39, 0.29) is 0 Å². The van der Waals surface area contributed by atoms with Gasteiger partial charge in [-0.3, -0.25) is 0 Å². The molecular weight excluding hydrogens is 336 g/mol. The van der Waals surface area contributed by atoms with Gasteiger partial charge in [-0.15, -0.1) is 0 Å². The molecule has 0 atom stereocenters. The maximum Gasteiger partial charge on any atom is 0.142 e. The number of nitrogens with one attached hydrogen (secondary N) is 1. The standard InChI is InChI=1S/C15H15BrN2OS/c1-9-3-6-14(19-2)13(7-9)18-12-8-10(16)4-5-11(12)15(17)20/h3-8,18H,1-2H3,(H2,17,20). The molecule has 104 valence electrons. The molecule has 5 heteroatoms. The van der Waals surface area contributed by atoms with Crippen molar-refractivity contribution in [1.29, 1.82) is 0 Å². The molecule has 0 amide bonds. The van der Waals surface area contributed by atoms with Gasteiger partial charge in [-0.1, -0.05) is 34.2 Å². The Morgan fingerprint density at radius 2 is 1.95 bits per heavy atom. The van der Waals surface area contributed by atoms with Gasteiger partial charge in [-0.05, 0) is 42.8 Å². The summed E-state index contributed by atoms with van der Waals surface area (Å²) >= 11 is 8.54. The Morgan fingerprint density at radius 3 is 2.60 bits per heavy atom. The predicted molar refractivity (Wildman–Crippen MR) is 91.0 cm³/mol. The zero-order valence-electron chi connectivity index (χ0n) is 11.2. The summed E-state index contributed by atoms with van der Waals surface area (Å²) in [6.45, 7) is 2.03. The highest BCUT2D eigenvalue weighted by atomic mass is 79.9. The Kier molecular flexibility index (Phi) is 4.62. The second-order valence-electron chi connectivity index (χ2n) is 4.38. The molecule has 20 heavy (non-hydrogen) atoms. The van der Waals surface area contributed by atoms with E-state index < -0.39 is 0 Å². The van der Waals surface area contributed by atoms with E-state index in [0.29, 0.717) is 4.99 Å². The molecule has 0 saturated carbocycles. The van der Waals surface area contributed by atoms with E-state index in [0.717, 1.165) is 32.7 Å². The van der Waals surface area contributed by atoms with Crippen LogP contribution in [0.5, 0.6) is 5.75 Å². The Balaban J connectivity index is 2.46. The molecule has 0 spiro atoms. The van der Waals surface area contributed by atoms with Crippen molar-refractivity contribution in [2.75, 3.05) is 12.4 Å². The van der Waals surface area contributed by atoms with Gasteiger partial charge in [0.15, 0.2) is 0 Å². The first-order valence-electron chi connectivity index (χ1n) is 6.02. The summed E-state index contributed by atoms with van der Waals surface area (Å²) in [6, 6.07) is 11.7. The van der Waals surface area contributed by atoms with Crippen LogP contribution in [0.3, 0.4) is 0 Å². The van der Waals surface area contributed by atoms with Crippen LogP contribution in [0.4, 0.5) is 11.4 Å². The lowest BCUT2D eigenvalue weighted by Gasteiger charge is -2.15. The largest absolute Gasteiger partial charge is 0.495 e. The molecule has 0 aromatic heterocycles. The fraction of sp³-hybridized carbons (Fsp3) is 0.133. The molecule has 0 aliphatic carbocycles. The van der Waals surface area contributed by atoms with Crippen LogP contribution in [0, 0.1) is 6.92 Å². The first-order valence-corrected chi connectivity index (χ1v) is 7.22. The highest BCUT2D eigenvalue weighted by molar-refractivity contribution is 9.10. The summed E-state index contributed by atoms with van der Waals surface area (Å²) in [7, 11) is 1.64. The normalized spacial score (nSPS) is 10.2. The zero-order valence-corrected chi connectivity index (χ0v) is 13.6. The number of thiocarbonyl (C=S) groups is 1. The van der Waals surface area contributed by atoms with Crippen LogP contribution >= 0.6 is 28.1 Å². The van der Waals surface area contributed by atoms with Crippen molar-refractivity contribution in [3.05, 3.63) is 52.0 Å². The molecular formula is C15H15BrN2OS. The van der Waals surface area contributed by atoms with Crippen LogP contribution in [0.2, 0.25) is 0 Å². The third-order valence-electron chi connectivity index (χ3n) is 2.87. The Bertz CT molecular complexity index is 658. The zero-order chi connectivity index (χ0) is 14.7. The van der Waals surface area contributed by atoms with Crippen molar-refractivity contribution in [3.8, 4) is 5.75 Å². The highest BCUT2D eigenvalue weighted by Gasteiger charge is 2.09. The van der Waals surface area contributed by atoms with E-state index in [9.17, 15) is 0 Å². The van der Waals surface area contributed by atoms with Gasteiger partial charge in [0.05, 0.1) is 12.8 Å². The molecule has 2 aromatic carbocycles. The molecule has 0 heterocycles. The summed E-state index contributed by atoms with van der Waals surface area (Å²) < 4.78 is 6.32. The average molecular weight is 351 g/mol. The molecule has 0 bridgehead atoms. The van der Waals surface area contributed by atoms with Gasteiger partial charge in [0.2, 0.25) is 0 Å². The lowest BCUT2D eigenvalue weighted by atomic mass is 10.1. The Hall–Kier alpha value is -1.59. The second-order valence-corrected chi connectivity index (χ2v) is 5.74. The number of nitrogens with two attached hydrogens (primary N) is 1. The first kappa shape index (κ1) is 14.8. The number of halogens is 1. The van der Waals surface area contributed by atoms with Gasteiger partial charge in [0.1, 0.15) is 10.7 Å². The maximum absolute atomic E-state index is 5.76. The first-order chi connectivity index (χ1) is 9.51. The third kappa shape index (κ3) is 3.29. The van der Waals surface area contributed by atoms with E-state index in [1.165, 1.54) is 0 Å². The molecule has 0 saturated heterocycles. The van der Waals surface area contributed by atoms with Gasteiger partial charge in [-0.25, -0.2) is 0 Å². The van der Waals surface area contributed by atoms with Crippen LogP contribution in [-0.2, 0) is 0 Å². The average Bonchev–Trinajstić information content (AvgIpc) is 2.38. The van der Waals surface area contributed by atoms with Crippen molar-refractivity contribution in [2.45, 2.75) is 6.92 Å². The van der Waals surface area contributed by atoms with Gasteiger partial charge >= 0.3 is 0 Å². The van der Waals surface area contributed by atoms with E-state index in [1.54, 1.807) is 7.11 Å². The van der Waals surface area contributed by atoms with Crippen LogP contribution in [0.25, 0.3) is 0 Å². The monoisotopic (exact) mass is 350 g/mol. The van der Waals surface area contributed by atoms with Gasteiger partial charge in [0, 0.05) is 15.7 Å². The minimum absolute atomic E-state index is 0.353. The quantitative estimate of drug-likeness (QED) is 0.813. The molecule has 2 aromatic rings.